The third-order valence-electron chi connectivity index (χ3n) is 2.07. The summed E-state index contributed by atoms with van der Waals surface area (Å²) in [7, 11) is 0. The van der Waals surface area contributed by atoms with Gasteiger partial charge in [0.15, 0.2) is 0 Å². The van der Waals surface area contributed by atoms with E-state index in [0.717, 1.165) is 10.0 Å². The Bertz CT molecular complexity index is 287. The number of rotatable bonds is 5. The first-order chi connectivity index (χ1) is 7.13. The SMILES string of the molecule is CC(C)OCC(NN)c1ccc(Br)cc1. The zero-order valence-electron chi connectivity index (χ0n) is 9.03. The van der Waals surface area contributed by atoms with Gasteiger partial charge in [-0.25, -0.2) is 0 Å². The highest BCUT2D eigenvalue weighted by Crippen LogP contribution is 2.17. The largest absolute Gasteiger partial charge is 0.377 e. The topological polar surface area (TPSA) is 47.3 Å². The van der Waals surface area contributed by atoms with Gasteiger partial charge in [0.05, 0.1) is 18.8 Å². The third-order valence-corrected chi connectivity index (χ3v) is 2.60. The maximum Gasteiger partial charge on any atom is 0.0694 e. The fourth-order valence-corrected chi connectivity index (χ4v) is 1.49. The van der Waals surface area contributed by atoms with E-state index in [0.29, 0.717) is 6.61 Å². The van der Waals surface area contributed by atoms with Gasteiger partial charge in [0.2, 0.25) is 0 Å². The maximum absolute atomic E-state index is 5.53. The van der Waals surface area contributed by atoms with Crippen molar-refractivity contribution < 1.29 is 4.74 Å². The summed E-state index contributed by atoms with van der Waals surface area (Å²) in [5.41, 5.74) is 3.88. The number of halogens is 1. The van der Waals surface area contributed by atoms with Gasteiger partial charge < -0.3 is 4.74 Å². The lowest BCUT2D eigenvalue weighted by Crippen LogP contribution is -2.32. The highest BCUT2D eigenvalue weighted by molar-refractivity contribution is 9.10. The zero-order valence-corrected chi connectivity index (χ0v) is 10.6. The molecular weight excluding hydrogens is 256 g/mol. The van der Waals surface area contributed by atoms with Crippen LogP contribution in [-0.2, 0) is 4.74 Å². The fourth-order valence-electron chi connectivity index (χ4n) is 1.22. The van der Waals surface area contributed by atoms with E-state index in [1.54, 1.807) is 0 Å². The Labute approximate surface area is 99.1 Å². The van der Waals surface area contributed by atoms with Gasteiger partial charge in [0, 0.05) is 4.47 Å². The number of hydrogen-bond donors (Lipinski definition) is 2. The Morgan fingerprint density at radius 3 is 2.40 bits per heavy atom. The van der Waals surface area contributed by atoms with Crippen LogP contribution >= 0.6 is 15.9 Å². The predicted octanol–water partition coefficient (Wildman–Crippen LogP) is 2.38. The van der Waals surface area contributed by atoms with Crippen LogP contribution in [-0.4, -0.2) is 12.7 Å². The Kier molecular flexibility index (Phi) is 5.25. The lowest BCUT2D eigenvalue weighted by molar-refractivity contribution is 0.0611. The normalized spacial score (nSPS) is 13.1. The molecule has 0 saturated carbocycles. The Morgan fingerprint density at radius 2 is 1.93 bits per heavy atom. The van der Waals surface area contributed by atoms with Crippen molar-refractivity contribution in [3.63, 3.8) is 0 Å². The third kappa shape index (κ3) is 4.30. The molecule has 0 aliphatic rings. The van der Waals surface area contributed by atoms with E-state index in [-0.39, 0.29) is 12.1 Å². The van der Waals surface area contributed by atoms with Gasteiger partial charge in [-0.2, -0.15) is 0 Å². The van der Waals surface area contributed by atoms with E-state index in [9.17, 15) is 0 Å². The molecular formula is C11H17BrN2O. The van der Waals surface area contributed by atoms with Gasteiger partial charge in [-0.15, -0.1) is 0 Å². The first-order valence-electron chi connectivity index (χ1n) is 4.96. The van der Waals surface area contributed by atoms with Crippen molar-refractivity contribution in [2.45, 2.75) is 26.0 Å². The molecule has 0 saturated heterocycles. The van der Waals surface area contributed by atoms with Crippen molar-refractivity contribution in [3.8, 4) is 0 Å². The minimum absolute atomic E-state index is 0.0421. The van der Waals surface area contributed by atoms with Crippen molar-refractivity contribution in [1.82, 2.24) is 5.43 Å². The van der Waals surface area contributed by atoms with Gasteiger partial charge in [-0.1, -0.05) is 28.1 Å². The van der Waals surface area contributed by atoms with E-state index < -0.39 is 0 Å². The van der Waals surface area contributed by atoms with E-state index in [1.165, 1.54) is 0 Å². The summed E-state index contributed by atoms with van der Waals surface area (Å²) in [5.74, 6) is 5.49. The molecule has 84 valence electrons. The molecule has 15 heavy (non-hydrogen) atoms. The monoisotopic (exact) mass is 272 g/mol. The average Bonchev–Trinajstić information content (AvgIpc) is 2.21. The van der Waals surface area contributed by atoms with Crippen LogP contribution in [0.2, 0.25) is 0 Å². The molecule has 4 heteroatoms. The number of hydrogen-bond acceptors (Lipinski definition) is 3. The smallest absolute Gasteiger partial charge is 0.0694 e. The standard InChI is InChI=1S/C11H17BrN2O/c1-8(2)15-7-11(14-13)9-3-5-10(12)6-4-9/h3-6,8,11,14H,7,13H2,1-2H3. The molecule has 0 aliphatic heterocycles. The minimum atomic E-state index is 0.0421. The van der Waals surface area contributed by atoms with Crippen molar-refractivity contribution in [1.29, 1.82) is 0 Å². The first-order valence-corrected chi connectivity index (χ1v) is 5.76. The number of nitrogens with two attached hydrogens (primary N) is 1. The lowest BCUT2D eigenvalue weighted by Gasteiger charge is -2.18. The fraction of sp³-hybridized carbons (Fsp3) is 0.455. The number of hydrazine groups is 1. The molecule has 1 atom stereocenters. The van der Waals surface area contributed by atoms with Gasteiger partial charge in [0.25, 0.3) is 0 Å². The van der Waals surface area contributed by atoms with Gasteiger partial charge in [0.1, 0.15) is 0 Å². The minimum Gasteiger partial charge on any atom is -0.377 e. The van der Waals surface area contributed by atoms with Crippen molar-refractivity contribution in [2.75, 3.05) is 6.61 Å². The predicted molar refractivity (Wildman–Crippen MR) is 65.3 cm³/mol. The highest BCUT2D eigenvalue weighted by atomic mass is 79.9. The summed E-state index contributed by atoms with van der Waals surface area (Å²) in [5, 5.41) is 0. The van der Waals surface area contributed by atoms with E-state index >= 15 is 0 Å². The second kappa shape index (κ2) is 6.23. The van der Waals surface area contributed by atoms with Crippen LogP contribution < -0.4 is 11.3 Å². The van der Waals surface area contributed by atoms with E-state index in [2.05, 4.69) is 21.4 Å². The molecule has 0 aromatic heterocycles. The summed E-state index contributed by atoms with van der Waals surface area (Å²) in [4.78, 5) is 0. The number of benzene rings is 1. The van der Waals surface area contributed by atoms with Crippen molar-refractivity contribution in [2.24, 2.45) is 5.84 Å². The highest BCUT2D eigenvalue weighted by Gasteiger charge is 2.10. The summed E-state index contributed by atoms with van der Waals surface area (Å²) in [6, 6.07) is 8.08. The summed E-state index contributed by atoms with van der Waals surface area (Å²) in [6.07, 6.45) is 0.219. The Hall–Kier alpha value is -0.420. The van der Waals surface area contributed by atoms with E-state index in [4.69, 9.17) is 10.6 Å². The molecule has 3 N–H and O–H groups in total. The molecule has 0 radical (unpaired) electrons. The van der Waals surface area contributed by atoms with E-state index in [1.807, 2.05) is 38.1 Å². The van der Waals surface area contributed by atoms with Crippen LogP contribution in [0.1, 0.15) is 25.5 Å². The molecule has 0 amide bonds. The lowest BCUT2D eigenvalue weighted by atomic mass is 10.1. The summed E-state index contributed by atoms with van der Waals surface area (Å²) in [6.45, 7) is 4.60. The van der Waals surface area contributed by atoms with Crippen LogP contribution in [0.15, 0.2) is 28.7 Å². The Morgan fingerprint density at radius 1 is 1.33 bits per heavy atom. The van der Waals surface area contributed by atoms with Gasteiger partial charge in [-0.05, 0) is 31.5 Å². The van der Waals surface area contributed by atoms with Gasteiger partial charge >= 0.3 is 0 Å². The molecule has 1 aromatic rings. The molecule has 0 heterocycles. The number of ether oxygens (including phenoxy) is 1. The van der Waals surface area contributed by atoms with Crippen LogP contribution in [0, 0.1) is 0 Å². The second-order valence-electron chi connectivity index (χ2n) is 3.65. The molecule has 0 aliphatic carbocycles. The quantitative estimate of drug-likeness (QED) is 0.639. The van der Waals surface area contributed by atoms with Crippen LogP contribution in [0.25, 0.3) is 0 Å². The first kappa shape index (κ1) is 12.6. The molecule has 0 bridgehead atoms. The maximum atomic E-state index is 5.53. The summed E-state index contributed by atoms with van der Waals surface area (Å²) >= 11 is 3.40. The number of nitrogens with one attached hydrogen (secondary N) is 1. The molecule has 0 fully saturated rings. The Balaban J connectivity index is 2.61. The average molecular weight is 273 g/mol. The molecule has 1 aromatic carbocycles. The van der Waals surface area contributed by atoms with Crippen molar-refractivity contribution >= 4 is 15.9 Å². The zero-order chi connectivity index (χ0) is 11.3. The van der Waals surface area contributed by atoms with Crippen LogP contribution in [0.5, 0.6) is 0 Å². The van der Waals surface area contributed by atoms with Crippen molar-refractivity contribution in [3.05, 3.63) is 34.3 Å². The summed E-state index contributed by atoms with van der Waals surface area (Å²) < 4.78 is 6.59. The molecule has 1 unspecified atom stereocenters. The molecule has 1 rings (SSSR count). The second-order valence-corrected chi connectivity index (χ2v) is 4.57. The van der Waals surface area contributed by atoms with Crippen LogP contribution in [0.3, 0.4) is 0 Å². The van der Waals surface area contributed by atoms with Gasteiger partial charge in [-0.3, -0.25) is 11.3 Å². The molecule has 0 spiro atoms. The van der Waals surface area contributed by atoms with Crippen LogP contribution in [0.4, 0.5) is 0 Å². The molecule has 3 nitrogen and oxygen atoms in total.